The van der Waals surface area contributed by atoms with Crippen LogP contribution in [0.5, 0.6) is 0 Å². The second kappa shape index (κ2) is 6.25. The zero-order valence-corrected chi connectivity index (χ0v) is 9.51. The molecule has 0 fully saturated rings. The van der Waals surface area contributed by atoms with E-state index in [4.69, 9.17) is 9.84 Å². The number of aliphatic hydroxyl groups excluding tert-OH is 1. The minimum Gasteiger partial charge on any atom is -0.394 e. The molecule has 0 radical (unpaired) electrons. The van der Waals surface area contributed by atoms with Gasteiger partial charge in [0.15, 0.2) is 6.10 Å². The first kappa shape index (κ1) is 12.7. The molecule has 0 spiro atoms. The lowest BCUT2D eigenvalue weighted by molar-refractivity contribution is -0.132. The van der Waals surface area contributed by atoms with Gasteiger partial charge in [0.1, 0.15) is 0 Å². The third-order valence-corrected chi connectivity index (χ3v) is 2.24. The summed E-state index contributed by atoms with van der Waals surface area (Å²) in [4.78, 5) is 11.8. The number of methoxy groups -OCH3 is 1. The Bertz CT molecular complexity index is 326. The van der Waals surface area contributed by atoms with Crippen molar-refractivity contribution < 1.29 is 14.6 Å². The van der Waals surface area contributed by atoms with E-state index in [2.05, 4.69) is 5.32 Å². The molecule has 0 aliphatic rings. The molecule has 0 saturated carbocycles. The van der Waals surface area contributed by atoms with E-state index in [1.807, 2.05) is 30.3 Å². The number of hydrogen-bond acceptors (Lipinski definition) is 3. The van der Waals surface area contributed by atoms with Gasteiger partial charge >= 0.3 is 0 Å². The first-order valence-electron chi connectivity index (χ1n) is 5.18. The monoisotopic (exact) mass is 223 g/mol. The van der Waals surface area contributed by atoms with Crippen LogP contribution in [-0.4, -0.2) is 30.8 Å². The second-order valence-electron chi connectivity index (χ2n) is 3.62. The zero-order chi connectivity index (χ0) is 12.0. The van der Waals surface area contributed by atoms with Crippen molar-refractivity contribution in [1.29, 1.82) is 0 Å². The van der Waals surface area contributed by atoms with Gasteiger partial charge in [-0.2, -0.15) is 0 Å². The van der Waals surface area contributed by atoms with Gasteiger partial charge in [0.2, 0.25) is 0 Å². The first-order valence-corrected chi connectivity index (χ1v) is 5.18. The quantitative estimate of drug-likeness (QED) is 0.778. The van der Waals surface area contributed by atoms with Crippen molar-refractivity contribution in [3.8, 4) is 0 Å². The van der Waals surface area contributed by atoms with Crippen LogP contribution in [0.15, 0.2) is 30.3 Å². The van der Waals surface area contributed by atoms with Crippen LogP contribution in [0, 0.1) is 0 Å². The highest BCUT2D eigenvalue weighted by Gasteiger charge is 2.20. The van der Waals surface area contributed by atoms with E-state index in [0.717, 1.165) is 5.56 Å². The standard InChI is InChI=1S/C12H17NO3/c1-9(8-14)13-12(15)11(16-2)10-6-4-3-5-7-10/h3-7,9,11,14H,8H2,1-2H3,(H,13,15)/t9-,11?/m1/s1. The normalized spacial score (nSPS) is 14.2. The number of benzene rings is 1. The average molecular weight is 223 g/mol. The topological polar surface area (TPSA) is 58.6 Å². The summed E-state index contributed by atoms with van der Waals surface area (Å²) in [5, 5.41) is 11.5. The highest BCUT2D eigenvalue weighted by molar-refractivity contribution is 5.82. The van der Waals surface area contributed by atoms with Gasteiger partial charge in [-0.05, 0) is 12.5 Å². The molecule has 1 rings (SSSR count). The van der Waals surface area contributed by atoms with Crippen molar-refractivity contribution in [1.82, 2.24) is 5.32 Å². The van der Waals surface area contributed by atoms with E-state index in [-0.39, 0.29) is 18.6 Å². The van der Waals surface area contributed by atoms with Crippen LogP contribution in [-0.2, 0) is 9.53 Å². The Labute approximate surface area is 95.2 Å². The van der Waals surface area contributed by atoms with Gasteiger partial charge in [-0.1, -0.05) is 30.3 Å². The van der Waals surface area contributed by atoms with E-state index >= 15 is 0 Å². The number of carbonyl (C=O) groups excluding carboxylic acids is 1. The lowest BCUT2D eigenvalue weighted by Gasteiger charge is -2.18. The predicted octanol–water partition coefficient (Wildman–Crippen LogP) is 0.871. The van der Waals surface area contributed by atoms with Crippen molar-refractivity contribution in [3.63, 3.8) is 0 Å². The number of nitrogens with one attached hydrogen (secondary N) is 1. The third-order valence-electron chi connectivity index (χ3n) is 2.24. The molecule has 0 saturated heterocycles. The van der Waals surface area contributed by atoms with E-state index in [1.54, 1.807) is 6.92 Å². The summed E-state index contributed by atoms with van der Waals surface area (Å²) in [5.74, 6) is -0.241. The number of hydrogen-bond donors (Lipinski definition) is 2. The molecule has 1 unspecified atom stereocenters. The Morgan fingerprint density at radius 1 is 1.44 bits per heavy atom. The summed E-state index contributed by atoms with van der Waals surface area (Å²) in [6, 6.07) is 8.97. The van der Waals surface area contributed by atoms with Crippen LogP contribution in [0.25, 0.3) is 0 Å². The van der Waals surface area contributed by atoms with E-state index in [9.17, 15) is 4.79 Å². The summed E-state index contributed by atoms with van der Waals surface area (Å²) in [6.07, 6.45) is -0.629. The Morgan fingerprint density at radius 3 is 2.56 bits per heavy atom. The summed E-state index contributed by atoms with van der Waals surface area (Å²) in [7, 11) is 1.49. The molecule has 2 N–H and O–H groups in total. The number of amides is 1. The molecule has 0 aliphatic heterocycles. The SMILES string of the molecule is COC(C(=O)N[C@H](C)CO)c1ccccc1. The maximum atomic E-state index is 11.8. The number of ether oxygens (including phenoxy) is 1. The third kappa shape index (κ3) is 3.32. The van der Waals surface area contributed by atoms with Gasteiger partial charge in [0.25, 0.3) is 5.91 Å². The van der Waals surface area contributed by atoms with Gasteiger partial charge in [0, 0.05) is 13.2 Å². The largest absolute Gasteiger partial charge is 0.394 e. The Balaban J connectivity index is 2.71. The maximum Gasteiger partial charge on any atom is 0.254 e. The van der Waals surface area contributed by atoms with Crippen molar-refractivity contribution in [2.45, 2.75) is 19.1 Å². The molecule has 0 aromatic heterocycles. The van der Waals surface area contributed by atoms with E-state index in [0.29, 0.717) is 0 Å². The summed E-state index contributed by atoms with van der Waals surface area (Å²) in [6.45, 7) is 1.65. The molecule has 0 aliphatic carbocycles. The highest BCUT2D eigenvalue weighted by Crippen LogP contribution is 2.16. The van der Waals surface area contributed by atoms with Crippen LogP contribution in [0.2, 0.25) is 0 Å². The predicted molar refractivity (Wildman–Crippen MR) is 60.9 cm³/mol. The molecule has 88 valence electrons. The molecule has 4 heteroatoms. The second-order valence-corrected chi connectivity index (χ2v) is 3.62. The summed E-state index contributed by atoms with van der Waals surface area (Å²) < 4.78 is 5.15. The smallest absolute Gasteiger partial charge is 0.254 e. The Kier molecular flexibility index (Phi) is 4.95. The fourth-order valence-electron chi connectivity index (χ4n) is 1.39. The molecular formula is C12H17NO3. The Hall–Kier alpha value is -1.39. The molecule has 4 nitrogen and oxygen atoms in total. The van der Waals surface area contributed by atoms with Crippen LogP contribution in [0.3, 0.4) is 0 Å². The van der Waals surface area contributed by atoms with Gasteiger partial charge in [-0.3, -0.25) is 4.79 Å². The fourth-order valence-corrected chi connectivity index (χ4v) is 1.39. The van der Waals surface area contributed by atoms with Crippen LogP contribution in [0.4, 0.5) is 0 Å². The van der Waals surface area contributed by atoms with Crippen LogP contribution < -0.4 is 5.32 Å². The minimum atomic E-state index is -0.629. The van der Waals surface area contributed by atoms with Crippen molar-refractivity contribution in [3.05, 3.63) is 35.9 Å². The van der Waals surface area contributed by atoms with Crippen molar-refractivity contribution >= 4 is 5.91 Å². The van der Waals surface area contributed by atoms with Crippen molar-refractivity contribution in [2.75, 3.05) is 13.7 Å². The number of rotatable bonds is 5. The summed E-state index contributed by atoms with van der Waals surface area (Å²) in [5.41, 5.74) is 0.799. The average Bonchev–Trinajstić information content (AvgIpc) is 2.31. The fraction of sp³-hybridized carbons (Fsp3) is 0.417. The molecule has 1 aromatic rings. The first-order chi connectivity index (χ1) is 7.69. The minimum absolute atomic E-state index is 0.0863. The molecule has 0 heterocycles. The molecule has 2 atom stereocenters. The molecular weight excluding hydrogens is 206 g/mol. The Morgan fingerprint density at radius 2 is 2.06 bits per heavy atom. The highest BCUT2D eigenvalue weighted by atomic mass is 16.5. The van der Waals surface area contributed by atoms with E-state index < -0.39 is 6.10 Å². The lowest BCUT2D eigenvalue weighted by Crippen LogP contribution is -2.38. The zero-order valence-electron chi connectivity index (χ0n) is 9.51. The summed E-state index contributed by atoms with van der Waals surface area (Å²) >= 11 is 0. The van der Waals surface area contributed by atoms with Gasteiger partial charge < -0.3 is 15.2 Å². The van der Waals surface area contributed by atoms with Crippen LogP contribution >= 0.6 is 0 Å². The molecule has 1 amide bonds. The van der Waals surface area contributed by atoms with Gasteiger partial charge in [-0.25, -0.2) is 0 Å². The van der Waals surface area contributed by atoms with Crippen LogP contribution in [0.1, 0.15) is 18.6 Å². The van der Waals surface area contributed by atoms with Gasteiger partial charge in [0.05, 0.1) is 6.61 Å². The maximum absolute atomic E-state index is 11.8. The van der Waals surface area contributed by atoms with E-state index in [1.165, 1.54) is 7.11 Å². The van der Waals surface area contributed by atoms with Gasteiger partial charge in [-0.15, -0.1) is 0 Å². The molecule has 0 bridgehead atoms. The lowest BCUT2D eigenvalue weighted by atomic mass is 10.1. The number of carbonyl (C=O) groups is 1. The molecule has 1 aromatic carbocycles. The van der Waals surface area contributed by atoms with Crippen molar-refractivity contribution in [2.24, 2.45) is 0 Å². The number of aliphatic hydroxyl groups is 1. The molecule has 16 heavy (non-hydrogen) atoms.